The minimum atomic E-state index is 0.285. The fourth-order valence-electron chi connectivity index (χ4n) is 2.09. The van der Waals surface area contributed by atoms with Gasteiger partial charge in [0.25, 0.3) is 0 Å². The predicted molar refractivity (Wildman–Crippen MR) is 78.0 cm³/mol. The molecular formula is C14H26ClN3. The third-order valence-corrected chi connectivity index (χ3v) is 3.94. The van der Waals surface area contributed by atoms with E-state index in [0.717, 1.165) is 42.9 Å². The van der Waals surface area contributed by atoms with Crippen LogP contribution in [0.5, 0.6) is 0 Å². The summed E-state index contributed by atoms with van der Waals surface area (Å²) in [7, 11) is 0. The topological polar surface area (TPSA) is 43.8 Å². The second-order valence-electron chi connectivity index (χ2n) is 5.18. The van der Waals surface area contributed by atoms with Crippen molar-refractivity contribution in [2.24, 2.45) is 11.7 Å². The van der Waals surface area contributed by atoms with Crippen molar-refractivity contribution >= 4 is 11.6 Å². The van der Waals surface area contributed by atoms with Gasteiger partial charge in [-0.05, 0) is 38.5 Å². The number of nitrogens with zero attached hydrogens (tertiary/aromatic N) is 2. The Kier molecular flexibility index (Phi) is 6.16. The molecule has 3 nitrogen and oxygen atoms in total. The zero-order valence-corrected chi connectivity index (χ0v) is 12.8. The van der Waals surface area contributed by atoms with Crippen molar-refractivity contribution in [3.63, 3.8) is 0 Å². The molecule has 0 bridgehead atoms. The normalized spacial score (nSPS) is 13.3. The third kappa shape index (κ3) is 3.72. The van der Waals surface area contributed by atoms with Gasteiger partial charge >= 0.3 is 0 Å². The molecule has 0 aliphatic heterocycles. The zero-order chi connectivity index (χ0) is 13.7. The molecule has 104 valence electrons. The lowest BCUT2D eigenvalue weighted by Gasteiger charge is -2.15. The molecule has 2 N–H and O–H groups in total. The first kappa shape index (κ1) is 15.5. The van der Waals surface area contributed by atoms with Crippen molar-refractivity contribution in [1.82, 2.24) is 9.78 Å². The van der Waals surface area contributed by atoms with Crippen LogP contribution in [0.1, 0.15) is 51.9 Å². The Labute approximate surface area is 116 Å². The highest BCUT2D eigenvalue weighted by molar-refractivity contribution is 6.31. The fourth-order valence-corrected chi connectivity index (χ4v) is 2.46. The van der Waals surface area contributed by atoms with Gasteiger partial charge in [0.15, 0.2) is 0 Å². The van der Waals surface area contributed by atoms with E-state index in [1.165, 1.54) is 5.69 Å². The molecule has 1 aromatic heterocycles. The first-order valence-electron chi connectivity index (χ1n) is 7.00. The molecule has 0 saturated carbocycles. The number of aromatic nitrogens is 2. The minimum Gasteiger partial charge on any atom is -0.327 e. The summed E-state index contributed by atoms with van der Waals surface area (Å²) in [6, 6.07) is 0.285. The molecule has 18 heavy (non-hydrogen) atoms. The molecule has 0 spiro atoms. The maximum Gasteiger partial charge on any atom is 0.0849 e. The Morgan fingerprint density at radius 3 is 2.50 bits per heavy atom. The maximum absolute atomic E-state index is 6.37. The van der Waals surface area contributed by atoms with E-state index < -0.39 is 0 Å². The number of aryl methyl sites for hydroxylation is 2. The average molecular weight is 272 g/mol. The molecule has 0 aromatic carbocycles. The minimum absolute atomic E-state index is 0.285. The molecule has 0 fully saturated rings. The first-order chi connectivity index (χ1) is 8.51. The molecule has 1 aromatic rings. The van der Waals surface area contributed by atoms with Crippen LogP contribution in [-0.4, -0.2) is 15.8 Å². The summed E-state index contributed by atoms with van der Waals surface area (Å²) in [5, 5.41) is 5.39. The van der Waals surface area contributed by atoms with E-state index in [4.69, 9.17) is 17.3 Å². The second-order valence-corrected chi connectivity index (χ2v) is 5.55. The van der Waals surface area contributed by atoms with Crippen molar-refractivity contribution in [3.05, 3.63) is 16.4 Å². The molecule has 1 heterocycles. The standard InChI is InChI=1S/C14H26ClN3/c1-5-12-14(15)13(18(6-2)17-12)9-7-8-11(16)10(3)4/h10-11H,5-9,16H2,1-4H3. The quantitative estimate of drug-likeness (QED) is 0.826. The number of hydrogen-bond donors (Lipinski definition) is 1. The number of rotatable bonds is 7. The summed E-state index contributed by atoms with van der Waals surface area (Å²) in [5.41, 5.74) is 8.25. The van der Waals surface area contributed by atoms with E-state index in [2.05, 4.69) is 32.8 Å². The summed E-state index contributed by atoms with van der Waals surface area (Å²) in [6.45, 7) is 9.41. The van der Waals surface area contributed by atoms with E-state index in [9.17, 15) is 0 Å². The van der Waals surface area contributed by atoms with Crippen LogP contribution in [0.15, 0.2) is 0 Å². The van der Waals surface area contributed by atoms with Gasteiger partial charge in [-0.2, -0.15) is 5.10 Å². The largest absolute Gasteiger partial charge is 0.327 e. The lowest BCUT2D eigenvalue weighted by Crippen LogP contribution is -2.26. The Morgan fingerprint density at radius 2 is 2.00 bits per heavy atom. The van der Waals surface area contributed by atoms with Crippen LogP contribution >= 0.6 is 11.6 Å². The fraction of sp³-hybridized carbons (Fsp3) is 0.786. The number of nitrogens with two attached hydrogens (primary N) is 1. The molecule has 0 amide bonds. The van der Waals surface area contributed by atoms with Crippen LogP contribution in [0, 0.1) is 5.92 Å². The molecule has 1 atom stereocenters. The summed E-state index contributed by atoms with van der Waals surface area (Å²) < 4.78 is 2.03. The van der Waals surface area contributed by atoms with Crippen LogP contribution in [0.2, 0.25) is 5.02 Å². The molecule has 1 rings (SSSR count). The van der Waals surface area contributed by atoms with Crippen molar-refractivity contribution < 1.29 is 0 Å². The van der Waals surface area contributed by atoms with Gasteiger partial charge in [-0.15, -0.1) is 0 Å². The van der Waals surface area contributed by atoms with Gasteiger partial charge in [-0.1, -0.05) is 32.4 Å². The zero-order valence-electron chi connectivity index (χ0n) is 12.0. The van der Waals surface area contributed by atoms with Gasteiger partial charge < -0.3 is 5.73 Å². The smallest absolute Gasteiger partial charge is 0.0849 e. The SMILES string of the molecule is CCc1nn(CC)c(CCCC(N)C(C)C)c1Cl. The molecule has 4 heteroatoms. The Balaban J connectivity index is 2.64. The van der Waals surface area contributed by atoms with Gasteiger partial charge in [0.05, 0.1) is 16.4 Å². The van der Waals surface area contributed by atoms with Gasteiger partial charge in [-0.3, -0.25) is 4.68 Å². The molecule has 0 aliphatic carbocycles. The summed E-state index contributed by atoms with van der Waals surface area (Å²) in [6.07, 6.45) is 3.99. The van der Waals surface area contributed by atoms with Crippen LogP contribution in [0.3, 0.4) is 0 Å². The molecule has 0 saturated heterocycles. The van der Waals surface area contributed by atoms with E-state index in [1.54, 1.807) is 0 Å². The first-order valence-corrected chi connectivity index (χ1v) is 7.38. The molecule has 0 aliphatic rings. The second kappa shape index (κ2) is 7.15. The molecular weight excluding hydrogens is 246 g/mol. The van der Waals surface area contributed by atoms with Gasteiger partial charge in [0, 0.05) is 12.6 Å². The van der Waals surface area contributed by atoms with E-state index in [0.29, 0.717) is 5.92 Å². The summed E-state index contributed by atoms with van der Waals surface area (Å²) in [4.78, 5) is 0. The van der Waals surface area contributed by atoms with Crippen molar-refractivity contribution in [1.29, 1.82) is 0 Å². The van der Waals surface area contributed by atoms with Crippen LogP contribution in [0.4, 0.5) is 0 Å². The Bertz CT molecular complexity index is 371. The van der Waals surface area contributed by atoms with Crippen LogP contribution < -0.4 is 5.73 Å². The highest BCUT2D eigenvalue weighted by Gasteiger charge is 2.14. The van der Waals surface area contributed by atoms with Crippen molar-refractivity contribution in [3.8, 4) is 0 Å². The monoisotopic (exact) mass is 271 g/mol. The predicted octanol–water partition coefficient (Wildman–Crippen LogP) is 3.42. The lowest BCUT2D eigenvalue weighted by atomic mass is 9.99. The summed E-state index contributed by atoms with van der Waals surface area (Å²) in [5.74, 6) is 0.544. The summed E-state index contributed by atoms with van der Waals surface area (Å²) >= 11 is 6.37. The Morgan fingerprint density at radius 1 is 1.33 bits per heavy atom. The van der Waals surface area contributed by atoms with Crippen molar-refractivity contribution in [2.75, 3.05) is 0 Å². The average Bonchev–Trinajstić information content (AvgIpc) is 2.65. The number of hydrogen-bond acceptors (Lipinski definition) is 2. The van der Waals surface area contributed by atoms with E-state index in [-0.39, 0.29) is 6.04 Å². The van der Waals surface area contributed by atoms with E-state index >= 15 is 0 Å². The van der Waals surface area contributed by atoms with Crippen LogP contribution in [-0.2, 0) is 19.4 Å². The van der Waals surface area contributed by atoms with Gasteiger partial charge in [-0.25, -0.2) is 0 Å². The number of halogens is 1. The third-order valence-electron chi connectivity index (χ3n) is 3.50. The van der Waals surface area contributed by atoms with E-state index in [1.807, 2.05) is 4.68 Å². The van der Waals surface area contributed by atoms with Crippen LogP contribution in [0.25, 0.3) is 0 Å². The maximum atomic E-state index is 6.37. The highest BCUT2D eigenvalue weighted by Crippen LogP contribution is 2.23. The highest BCUT2D eigenvalue weighted by atomic mass is 35.5. The Hall–Kier alpha value is -0.540. The van der Waals surface area contributed by atoms with Crippen molar-refractivity contribution in [2.45, 2.75) is 66.0 Å². The molecule has 1 unspecified atom stereocenters. The van der Waals surface area contributed by atoms with Gasteiger partial charge in [0.1, 0.15) is 0 Å². The lowest BCUT2D eigenvalue weighted by molar-refractivity contribution is 0.448. The molecule has 0 radical (unpaired) electrons. The van der Waals surface area contributed by atoms with Gasteiger partial charge in [0.2, 0.25) is 0 Å².